The van der Waals surface area contributed by atoms with E-state index in [1.807, 2.05) is 0 Å². The van der Waals surface area contributed by atoms with E-state index in [1.165, 1.54) is 82.3 Å². The molecule has 2 heteroatoms. The molecule has 0 spiro atoms. The van der Waals surface area contributed by atoms with Crippen molar-refractivity contribution >= 4 is 0 Å². The van der Waals surface area contributed by atoms with Gasteiger partial charge in [-0.15, -0.1) is 0 Å². The van der Waals surface area contributed by atoms with Crippen LogP contribution in [-0.4, -0.2) is 37.1 Å². The van der Waals surface area contributed by atoms with Gasteiger partial charge in [-0.3, -0.25) is 4.90 Å². The molecule has 0 saturated carbocycles. The van der Waals surface area contributed by atoms with Gasteiger partial charge in [0.2, 0.25) is 0 Å². The van der Waals surface area contributed by atoms with E-state index >= 15 is 0 Å². The molecule has 0 radical (unpaired) electrons. The molecule has 0 aliphatic carbocycles. The number of rotatable bonds is 10. The molecule has 26 heavy (non-hydrogen) atoms. The Labute approximate surface area is 159 Å². The Kier molecular flexibility index (Phi) is 8.21. The van der Waals surface area contributed by atoms with Crippen LogP contribution < -0.4 is 5.32 Å². The number of piperidine rings is 1. The fraction of sp³-hybridized carbons (Fsp3) is 0.500. The van der Waals surface area contributed by atoms with Crippen LogP contribution in [0.2, 0.25) is 0 Å². The van der Waals surface area contributed by atoms with Crippen LogP contribution in [0.1, 0.15) is 43.2 Å². The maximum atomic E-state index is 3.51. The van der Waals surface area contributed by atoms with Crippen molar-refractivity contribution in [2.75, 3.05) is 26.2 Å². The number of nitrogens with zero attached hydrogens (tertiary/aromatic N) is 1. The van der Waals surface area contributed by atoms with Crippen LogP contribution in [0.25, 0.3) is 0 Å². The molecule has 1 aliphatic rings. The van der Waals surface area contributed by atoms with Gasteiger partial charge >= 0.3 is 0 Å². The minimum absolute atomic E-state index is 0.772. The highest BCUT2D eigenvalue weighted by molar-refractivity contribution is 5.15. The molecule has 2 aromatic carbocycles. The standard InChI is InChI=1S/C24H34N2/c1-4-10-22(11-5-1)12-8-3-9-20-26(24-15-18-25-19-16-24)21-17-23-13-6-2-7-14-23/h1-2,4-7,10-11,13-14,24-25H,3,8-9,12,15-21H2. The third kappa shape index (κ3) is 6.59. The third-order valence-electron chi connectivity index (χ3n) is 5.61. The van der Waals surface area contributed by atoms with Gasteiger partial charge in [-0.25, -0.2) is 0 Å². The summed E-state index contributed by atoms with van der Waals surface area (Å²) in [5, 5.41) is 3.51. The van der Waals surface area contributed by atoms with Crippen LogP contribution in [-0.2, 0) is 12.8 Å². The largest absolute Gasteiger partial charge is 0.317 e. The summed E-state index contributed by atoms with van der Waals surface area (Å²) in [4.78, 5) is 2.77. The summed E-state index contributed by atoms with van der Waals surface area (Å²) in [6.07, 6.45) is 8.97. The van der Waals surface area contributed by atoms with Crippen molar-refractivity contribution in [2.45, 2.75) is 51.0 Å². The van der Waals surface area contributed by atoms with Gasteiger partial charge in [0, 0.05) is 12.6 Å². The first-order chi connectivity index (χ1) is 12.9. The molecule has 0 atom stereocenters. The van der Waals surface area contributed by atoms with Crippen molar-refractivity contribution in [2.24, 2.45) is 0 Å². The van der Waals surface area contributed by atoms with E-state index in [-0.39, 0.29) is 0 Å². The zero-order chi connectivity index (χ0) is 17.9. The Hall–Kier alpha value is -1.64. The number of unbranched alkanes of at least 4 members (excludes halogenated alkanes) is 2. The highest BCUT2D eigenvalue weighted by atomic mass is 15.2. The molecule has 2 aromatic rings. The van der Waals surface area contributed by atoms with Crippen molar-refractivity contribution < 1.29 is 0 Å². The van der Waals surface area contributed by atoms with Crippen LogP contribution in [0.3, 0.4) is 0 Å². The molecule has 140 valence electrons. The lowest BCUT2D eigenvalue weighted by atomic mass is 10.0. The number of benzene rings is 2. The summed E-state index contributed by atoms with van der Waals surface area (Å²) in [5.74, 6) is 0. The van der Waals surface area contributed by atoms with E-state index in [4.69, 9.17) is 0 Å². The van der Waals surface area contributed by atoms with E-state index in [1.54, 1.807) is 0 Å². The van der Waals surface area contributed by atoms with Gasteiger partial charge in [-0.05, 0) is 69.3 Å². The van der Waals surface area contributed by atoms with E-state index in [0.29, 0.717) is 0 Å². The van der Waals surface area contributed by atoms with Crippen molar-refractivity contribution in [3.05, 3.63) is 71.8 Å². The third-order valence-corrected chi connectivity index (χ3v) is 5.61. The van der Waals surface area contributed by atoms with Crippen molar-refractivity contribution in [1.29, 1.82) is 0 Å². The Balaban J connectivity index is 1.42. The van der Waals surface area contributed by atoms with E-state index < -0.39 is 0 Å². The van der Waals surface area contributed by atoms with Gasteiger partial charge in [0.25, 0.3) is 0 Å². The Morgan fingerprint density at radius 3 is 1.96 bits per heavy atom. The predicted molar refractivity (Wildman–Crippen MR) is 112 cm³/mol. The zero-order valence-electron chi connectivity index (χ0n) is 16.1. The summed E-state index contributed by atoms with van der Waals surface area (Å²) < 4.78 is 0. The van der Waals surface area contributed by atoms with Gasteiger partial charge in [0.1, 0.15) is 0 Å². The van der Waals surface area contributed by atoms with Crippen LogP contribution in [0, 0.1) is 0 Å². The minimum atomic E-state index is 0.772. The van der Waals surface area contributed by atoms with Crippen LogP contribution in [0.4, 0.5) is 0 Å². The van der Waals surface area contributed by atoms with Crippen molar-refractivity contribution in [1.82, 2.24) is 10.2 Å². The molecule has 1 saturated heterocycles. The number of hydrogen-bond donors (Lipinski definition) is 1. The molecule has 2 nitrogen and oxygen atoms in total. The summed E-state index contributed by atoms with van der Waals surface area (Å²) in [6, 6.07) is 22.6. The smallest absolute Gasteiger partial charge is 0.0119 e. The summed E-state index contributed by atoms with van der Waals surface area (Å²) in [7, 11) is 0. The lowest BCUT2D eigenvalue weighted by Crippen LogP contribution is -2.44. The van der Waals surface area contributed by atoms with Gasteiger partial charge in [0.05, 0.1) is 0 Å². The average molecular weight is 351 g/mol. The highest BCUT2D eigenvalue weighted by Crippen LogP contribution is 2.15. The van der Waals surface area contributed by atoms with Crippen molar-refractivity contribution in [3.63, 3.8) is 0 Å². The second-order valence-corrected chi connectivity index (χ2v) is 7.55. The Bertz CT molecular complexity index is 590. The molecule has 1 aliphatic heterocycles. The molecule has 1 N–H and O–H groups in total. The van der Waals surface area contributed by atoms with E-state index in [0.717, 1.165) is 6.04 Å². The summed E-state index contributed by atoms with van der Waals surface area (Å²) >= 11 is 0. The van der Waals surface area contributed by atoms with Crippen LogP contribution in [0.15, 0.2) is 60.7 Å². The fourth-order valence-electron chi connectivity index (χ4n) is 4.03. The van der Waals surface area contributed by atoms with Gasteiger partial charge in [0.15, 0.2) is 0 Å². The zero-order valence-corrected chi connectivity index (χ0v) is 16.1. The molecule has 3 rings (SSSR count). The van der Waals surface area contributed by atoms with Crippen LogP contribution in [0.5, 0.6) is 0 Å². The average Bonchev–Trinajstić information content (AvgIpc) is 2.72. The highest BCUT2D eigenvalue weighted by Gasteiger charge is 2.20. The Morgan fingerprint density at radius 2 is 1.31 bits per heavy atom. The van der Waals surface area contributed by atoms with E-state index in [9.17, 15) is 0 Å². The second kappa shape index (κ2) is 11.2. The number of aryl methyl sites for hydroxylation is 1. The molecule has 0 unspecified atom stereocenters. The molecular weight excluding hydrogens is 316 g/mol. The molecular formula is C24H34N2. The molecule has 0 aromatic heterocycles. The SMILES string of the molecule is c1ccc(CCCCCN(CCc2ccccc2)C2CCNCC2)cc1. The first-order valence-electron chi connectivity index (χ1n) is 10.4. The molecule has 0 amide bonds. The van der Waals surface area contributed by atoms with Gasteiger partial charge in [-0.2, -0.15) is 0 Å². The number of nitrogens with one attached hydrogen (secondary N) is 1. The number of hydrogen-bond acceptors (Lipinski definition) is 2. The quantitative estimate of drug-likeness (QED) is 0.625. The fourth-order valence-corrected chi connectivity index (χ4v) is 4.03. The molecule has 0 bridgehead atoms. The second-order valence-electron chi connectivity index (χ2n) is 7.55. The first kappa shape index (κ1) is 19.1. The molecule has 1 heterocycles. The topological polar surface area (TPSA) is 15.3 Å². The summed E-state index contributed by atoms with van der Waals surface area (Å²) in [6.45, 7) is 4.82. The maximum absolute atomic E-state index is 3.51. The minimum Gasteiger partial charge on any atom is -0.317 e. The lowest BCUT2D eigenvalue weighted by Gasteiger charge is -2.35. The Morgan fingerprint density at radius 1 is 0.692 bits per heavy atom. The van der Waals surface area contributed by atoms with Crippen LogP contribution >= 0.6 is 0 Å². The lowest BCUT2D eigenvalue weighted by molar-refractivity contribution is 0.160. The monoisotopic (exact) mass is 350 g/mol. The van der Waals surface area contributed by atoms with Crippen molar-refractivity contribution in [3.8, 4) is 0 Å². The van der Waals surface area contributed by atoms with Gasteiger partial charge < -0.3 is 5.32 Å². The van der Waals surface area contributed by atoms with E-state index in [2.05, 4.69) is 70.9 Å². The predicted octanol–water partition coefficient (Wildman–Crippen LogP) is 4.70. The normalized spacial score (nSPS) is 15.4. The molecule has 1 fully saturated rings. The maximum Gasteiger partial charge on any atom is 0.0119 e. The first-order valence-corrected chi connectivity index (χ1v) is 10.4. The summed E-state index contributed by atoms with van der Waals surface area (Å²) in [5.41, 5.74) is 2.95. The van der Waals surface area contributed by atoms with Gasteiger partial charge in [-0.1, -0.05) is 67.1 Å².